The van der Waals surface area contributed by atoms with Crippen molar-refractivity contribution in [3.8, 4) is 0 Å². The molecule has 3 rings (SSSR count). The Kier molecular flexibility index (Phi) is 4.71. The molecule has 0 fully saturated rings. The zero-order valence-corrected chi connectivity index (χ0v) is 15.3. The summed E-state index contributed by atoms with van der Waals surface area (Å²) >= 11 is 6.14. The fourth-order valence-electron chi connectivity index (χ4n) is 2.44. The van der Waals surface area contributed by atoms with Crippen LogP contribution in [-0.2, 0) is 10.0 Å². The van der Waals surface area contributed by atoms with Crippen molar-refractivity contribution in [2.75, 3.05) is 4.72 Å². The number of fused-ring (bicyclic) bond motifs is 1. The van der Waals surface area contributed by atoms with Gasteiger partial charge in [-0.3, -0.25) is 4.72 Å². The quantitative estimate of drug-likeness (QED) is 0.467. The molecule has 0 amide bonds. The molecule has 7 nitrogen and oxygen atoms in total. The molecule has 1 aromatic heterocycles. The second kappa shape index (κ2) is 6.81. The second-order valence-electron chi connectivity index (χ2n) is 5.59. The van der Waals surface area contributed by atoms with E-state index in [1.807, 2.05) is 19.1 Å². The standard InChI is InChI=1S/C17H16ClN5O2S/c1-10-4-2-3-5-15(10)23-26(24,25)11-6-7-12-13(8-11)16(22-17(19)20)21-9-14(12)18/h2-9,23H,1H3,(H4,19,20,21,22). The first kappa shape index (κ1) is 18.0. The highest BCUT2D eigenvalue weighted by atomic mass is 35.5. The molecule has 5 N–H and O–H groups in total. The van der Waals surface area contributed by atoms with Crippen molar-refractivity contribution in [2.24, 2.45) is 16.5 Å². The second-order valence-corrected chi connectivity index (χ2v) is 7.68. The largest absolute Gasteiger partial charge is 0.370 e. The minimum atomic E-state index is -3.82. The van der Waals surface area contributed by atoms with Crippen LogP contribution < -0.4 is 16.2 Å². The predicted molar refractivity (Wildman–Crippen MR) is 104 cm³/mol. The molecule has 134 valence electrons. The van der Waals surface area contributed by atoms with Crippen LogP contribution in [0.15, 0.2) is 58.5 Å². The Labute approximate surface area is 155 Å². The van der Waals surface area contributed by atoms with Crippen LogP contribution in [-0.4, -0.2) is 19.4 Å². The fraction of sp³-hybridized carbons (Fsp3) is 0.0588. The van der Waals surface area contributed by atoms with Crippen molar-refractivity contribution in [3.63, 3.8) is 0 Å². The Balaban J connectivity index is 2.13. The van der Waals surface area contributed by atoms with E-state index in [1.165, 1.54) is 18.3 Å². The van der Waals surface area contributed by atoms with Crippen LogP contribution in [0.5, 0.6) is 0 Å². The number of aromatic nitrogens is 1. The molecule has 0 atom stereocenters. The highest BCUT2D eigenvalue weighted by molar-refractivity contribution is 7.92. The third kappa shape index (κ3) is 3.56. The summed E-state index contributed by atoms with van der Waals surface area (Å²) in [5.41, 5.74) is 12.2. The van der Waals surface area contributed by atoms with Crippen molar-refractivity contribution in [1.29, 1.82) is 0 Å². The number of guanidine groups is 1. The first-order chi connectivity index (χ1) is 12.3. The van der Waals surface area contributed by atoms with Gasteiger partial charge in [-0.1, -0.05) is 35.9 Å². The summed E-state index contributed by atoms with van der Waals surface area (Å²) in [4.78, 5) is 8.06. The molecule has 0 spiro atoms. The Morgan fingerprint density at radius 3 is 2.58 bits per heavy atom. The number of halogens is 1. The molecule has 26 heavy (non-hydrogen) atoms. The van der Waals surface area contributed by atoms with Gasteiger partial charge in [0, 0.05) is 17.0 Å². The van der Waals surface area contributed by atoms with Gasteiger partial charge in [-0.25, -0.2) is 13.4 Å². The number of nitrogens with one attached hydrogen (secondary N) is 1. The molecule has 3 aromatic rings. The summed E-state index contributed by atoms with van der Waals surface area (Å²) in [6.45, 7) is 1.82. The van der Waals surface area contributed by atoms with E-state index in [0.717, 1.165) is 5.56 Å². The zero-order chi connectivity index (χ0) is 18.9. The van der Waals surface area contributed by atoms with Gasteiger partial charge in [-0.2, -0.15) is 4.99 Å². The van der Waals surface area contributed by atoms with Crippen LogP contribution in [0.2, 0.25) is 5.02 Å². The van der Waals surface area contributed by atoms with E-state index in [2.05, 4.69) is 14.7 Å². The number of rotatable bonds is 4. The third-order valence-electron chi connectivity index (χ3n) is 3.72. The number of hydrogen-bond donors (Lipinski definition) is 3. The minimum Gasteiger partial charge on any atom is -0.370 e. The smallest absolute Gasteiger partial charge is 0.261 e. The number of nitrogens with zero attached hydrogens (tertiary/aromatic N) is 2. The molecule has 2 aromatic carbocycles. The summed E-state index contributed by atoms with van der Waals surface area (Å²) in [6.07, 6.45) is 1.41. The SMILES string of the molecule is Cc1ccccc1NS(=O)(=O)c1ccc2c(Cl)cnc(N=C(N)N)c2c1. The summed E-state index contributed by atoms with van der Waals surface area (Å²) in [7, 11) is -3.82. The summed E-state index contributed by atoms with van der Waals surface area (Å²) in [5, 5.41) is 1.39. The van der Waals surface area contributed by atoms with Crippen LogP contribution in [0, 0.1) is 6.92 Å². The van der Waals surface area contributed by atoms with Gasteiger partial charge < -0.3 is 11.5 Å². The molecular weight excluding hydrogens is 374 g/mol. The Morgan fingerprint density at radius 1 is 1.15 bits per heavy atom. The molecule has 0 aliphatic carbocycles. The van der Waals surface area contributed by atoms with Crippen LogP contribution in [0.25, 0.3) is 10.8 Å². The Bertz CT molecular complexity index is 1130. The van der Waals surface area contributed by atoms with Crippen LogP contribution in [0.4, 0.5) is 11.5 Å². The number of nitrogens with two attached hydrogens (primary N) is 2. The average molecular weight is 390 g/mol. The molecular formula is C17H16ClN5O2S. The number of anilines is 1. The maximum absolute atomic E-state index is 12.8. The van der Waals surface area contributed by atoms with Crippen molar-refractivity contribution < 1.29 is 8.42 Å². The summed E-state index contributed by atoms with van der Waals surface area (Å²) in [6, 6.07) is 11.6. The number of hydrogen-bond acceptors (Lipinski definition) is 4. The summed E-state index contributed by atoms with van der Waals surface area (Å²) < 4.78 is 28.1. The number of benzene rings is 2. The molecule has 0 saturated carbocycles. The maximum Gasteiger partial charge on any atom is 0.261 e. The van der Waals surface area contributed by atoms with Gasteiger partial charge in [0.05, 0.1) is 15.6 Å². The average Bonchev–Trinajstić information content (AvgIpc) is 2.59. The van der Waals surface area contributed by atoms with Crippen LogP contribution in [0.1, 0.15) is 5.56 Å². The van der Waals surface area contributed by atoms with Crippen molar-refractivity contribution in [1.82, 2.24) is 4.98 Å². The van der Waals surface area contributed by atoms with E-state index in [-0.39, 0.29) is 16.7 Å². The Hall–Kier alpha value is -2.84. The van der Waals surface area contributed by atoms with Gasteiger partial charge in [0.15, 0.2) is 11.8 Å². The van der Waals surface area contributed by atoms with Crippen molar-refractivity contribution >= 4 is 49.9 Å². The topological polar surface area (TPSA) is 123 Å². The minimum absolute atomic E-state index is 0.0457. The van der Waals surface area contributed by atoms with Gasteiger partial charge in [-0.05, 0) is 30.7 Å². The molecule has 0 unspecified atom stereocenters. The van der Waals surface area contributed by atoms with Gasteiger partial charge in [-0.15, -0.1) is 0 Å². The highest BCUT2D eigenvalue weighted by Gasteiger charge is 2.17. The highest BCUT2D eigenvalue weighted by Crippen LogP contribution is 2.32. The molecule has 0 aliphatic heterocycles. The molecule has 9 heteroatoms. The fourth-order valence-corrected chi connectivity index (χ4v) is 3.81. The van der Waals surface area contributed by atoms with Crippen LogP contribution >= 0.6 is 11.6 Å². The van der Waals surface area contributed by atoms with Gasteiger partial charge in [0.2, 0.25) is 0 Å². The lowest BCUT2D eigenvalue weighted by Crippen LogP contribution is -2.22. The normalized spacial score (nSPS) is 11.3. The monoisotopic (exact) mass is 389 g/mol. The molecule has 0 saturated heterocycles. The zero-order valence-electron chi connectivity index (χ0n) is 13.8. The van der Waals surface area contributed by atoms with E-state index in [4.69, 9.17) is 23.1 Å². The molecule has 0 bridgehead atoms. The van der Waals surface area contributed by atoms with Crippen molar-refractivity contribution in [2.45, 2.75) is 11.8 Å². The van der Waals surface area contributed by atoms with Gasteiger partial charge in [0.1, 0.15) is 0 Å². The van der Waals surface area contributed by atoms with Gasteiger partial charge >= 0.3 is 0 Å². The lowest BCUT2D eigenvalue weighted by molar-refractivity contribution is 0.601. The summed E-state index contributed by atoms with van der Waals surface area (Å²) in [5.74, 6) is 0.00441. The number of para-hydroxylation sites is 1. The lowest BCUT2D eigenvalue weighted by atomic mass is 10.1. The van der Waals surface area contributed by atoms with E-state index in [0.29, 0.717) is 21.5 Å². The first-order valence-corrected chi connectivity index (χ1v) is 9.40. The van der Waals surface area contributed by atoms with E-state index in [9.17, 15) is 8.42 Å². The molecule has 0 radical (unpaired) electrons. The third-order valence-corrected chi connectivity index (χ3v) is 5.39. The number of aliphatic imine (C=N–C) groups is 1. The van der Waals surface area contributed by atoms with Gasteiger partial charge in [0.25, 0.3) is 10.0 Å². The number of sulfonamides is 1. The molecule has 1 heterocycles. The van der Waals surface area contributed by atoms with Crippen molar-refractivity contribution in [3.05, 3.63) is 59.2 Å². The first-order valence-electron chi connectivity index (χ1n) is 7.54. The Morgan fingerprint density at radius 2 is 1.88 bits per heavy atom. The maximum atomic E-state index is 12.8. The predicted octanol–water partition coefficient (Wildman–Crippen LogP) is 2.90. The van der Waals surface area contributed by atoms with E-state index < -0.39 is 10.0 Å². The van der Waals surface area contributed by atoms with E-state index in [1.54, 1.807) is 18.2 Å². The number of aryl methyl sites for hydroxylation is 1. The van der Waals surface area contributed by atoms with Crippen LogP contribution in [0.3, 0.4) is 0 Å². The number of pyridine rings is 1. The lowest BCUT2D eigenvalue weighted by Gasteiger charge is -2.12. The molecule has 0 aliphatic rings. The van der Waals surface area contributed by atoms with E-state index >= 15 is 0 Å².